The summed E-state index contributed by atoms with van der Waals surface area (Å²) in [6.45, 7) is 10.2. The Morgan fingerprint density at radius 1 is 1.44 bits per heavy atom. The molecule has 0 aliphatic heterocycles. The van der Waals surface area contributed by atoms with Crippen molar-refractivity contribution < 1.29 is 0 Å². The highest BCUT2D eigenvalue weighted by Crippen LogP contribution is 2.22. The molecule has 0 aromatic rings. The smallest absolute Gasteiger partial charge is 0.127 e. The van der Waals surface area contributed by atoms with Crippen LogP contribution in [0.25, 0.3) is 0 Å². The van der Waals surface area contributed by atoms with E-state index in [-0.39, 0.29) is 5.92 Å². The number of hydrogen-bond acceptors (Lipinski definition) is 1. The number of nitrogens with zero attached hydrogens (tertiary/aromatic N) is 1. The molecule has 0 saturated heterocycles. The summed E-state index contributed by atoms with van der Waals surface area (Å²) < 4.78 is 0. The molecule has 0 aromatic carbocycles. The van der Waals surface area contributed by atoms with E-state index in [1.807, 2.05) is 12.2 Å². The van der Waals surface area contributed by atoms with Crippen molar-refractivity contribution in [1.82, 2.24) is 0 Å². The first-order chi connectivity index (χ1) is 8.58. The van der Waals surface area contributed by atoms with Crippen molar-refractivity contribution in [3.05, 3.63) is 47.2 Å². The summed E-state index contributed by atoms with van der Waals surface area (Å²) in [4.78, 5) is 3.85. The molecular weight excluding hydrogens is 244 g/mol. The minimum Gasteiger partial charge on any atom is -0.390 e. The van der Waals surface area contributed by atoms with E-state index in [0.717, 1.165) is 18.4 Å². The minimum atomic E-state index is 0.207. The van der Waals surface area contributed by atoms with Gasteiger partial charge in [-0.05, 0) is 31.4 Å². The van der Waals surface area contributed by atoms with Crippen molar-refractivity contribution in [2.24, 2.45) is 16.6 Å². The van der Waals surface area contributed by atoms with E-state index in [9.17, 15) is 0 Å². The molecule has 0 heterocycles. The van der Waals surface area contributed by atoms with Crippen LogP contribution in [0, 0.1) is 5.92 Å². The van der Waals surface area contributed by atoms with Crippen LogP contribution in [0.3, 0.4) is 0 Å². The monoisotopic (exact) mass is 266 g/mol. The summed E-state index contributed by atoms with van der Waals surface area (Å²) in [6, 6.07) is 0. The Morgan fingerprint density at radius 3 is 2.56 bits per heavy atom. The standard InChI is InChI=1S/C15H23ClN2/c1-5-8-12(4)9-13(6-2)14(7-3)10-15(16)18-11-17/h6,8-11,14H,2,5,7H2,1,3-4H3,(H2,17,18). The van der Waals surface area contributed by atoms with Crippen LogP contribution in [-0.2, 0) is 0 Å². The van der Waals surface area contributed by atoms with E-state index < -0.39 is 0 Å². The predicted octanol–water partition coefficient (Wildman–Crippen LogP) is 4.55. The number of allylic oxidation sites excluding steroid dienone is 6. The fourth-order valence-corrected chi connectivity index (χ4v) is 1.90. The average Bonchev–Trinajstić information content (AvgIpc) is 2.34. The third kappa shape index (κ3) is 6.45. The van der Waals surface area contributed by atoms with Gasteiger partial charge < -0.3 is 5.73 Å². The number of halogens is 1. The van der Waals surface area contributed by atoms with Crippen molar-refractivity contribution in [3.63, 3.8) is 0 Å². The summed E-state index contributed by atoms with van der Waals surface area (Å²) in [6.07, 6.45) is 11.2. The maximum absolute atomic E-state index is 5.96. The van der Waals surface area contributed by atoms with Crippen LogP contribution in [0.1, 0.15) is 33.6 Å². The zero-order valence-electron chi connectivity index (χ0n) is 11.5. The van der Waals surface area contributed by atoms with Gasteiger partial charge in [-0.3, -0.25) is 0 Å². The van der Waals surface area contributed by atoms with Crippen LogP contribution >= 0.6 is 11.6 Å². The van der Waals surface area contributed by atoms with E-state index in [1.165, 1.54) is 11.9 Å². The molecule has 0 bridgehead atoms. The summed E-state index contributed by atoms with van der Waals surface area (Å²) in [7, 11) is 0. The van der Waals surface area contributed by atoms with Crippen LogP contribution in [0.4, 0.5) is 0 Å². The number of rotatable bonds is 7. The highest BCUT2D eigenvalue weighted by Gasteiger charge is 2.07. The van der Waals surface area contributed by atoms with Gasteiger partial charge in [-0.15, -0.1) is 0 Å². The first kappa shape index (κ1) is 16.7. The van der Waals surface area contributed by atoms with Crippen molar-refractivity contribution in [2.45, 2.75) is 33.6 Å². The first-order valence-corrected chi connectivity index (χ1v) is 6.59. The van der Waals surface area contributed by atoms with Crippen molar-refractivity contribution in [3.8, 4) is 0 Å². The van der Waals surface area contributed by atoms with Gasteiger partial charge in [0.1, 0.15) is 5.16 Å². The normalized spacial score (nSPS) is 16.1. The third-order valence-corrected chi connectivity index (χ3v) is 2.78. The van der Waals surface area contributed by atoms with Gasteiger partial charge in [0.15, 0.2) is 0 Å². The van der Waals surface area contributed by atoms with E-state index in [1.54, 1.807) is 0 Å². The maximum Gasteiger partial charge on any atom is 0.127 e. The molecule has 18 heavy (non-hydrogen) atoms. The lowest BCUT2D eigenvalue weighted by Crippen LogP contribution is -1.99. The lowest BCUT2D eigenvalue weighted by molar-refractivity contribution is 0.740. The molecule has 2 nitrogen and oxygen atoms in total. The Balaban J connectivity index is 5.17. The van der Waals surface area contributed by atoms with Gasteiger partial charge in [0, 0.05) is 5.92 Å². The van der Waals surface area contributed by atoms with Crippen molar-refractivity contribution in [2.75, 3.05) is 0 Å². The van der Waals surface area contributed by atoms with Gasteiger partial charge in [0.05, 0.1) is 6.34 Å². The molecule has 0 saturated carbocycles. The topological polar surface area (TPSA) is 38.4 Å². The Labute approximate surface area is 116 Å². The molecule has 0 spiro atoms. The maximum atomic E-state index is 5.96. The van der Waals surface area contributed by atoms with E-state index in [2.05, 4.69) is 44.5 Å². The lowest BCUT2D eigenvalue weighted by atomic mass is 9.94. The number of hydrogen-bond donors (Lipinski definition) is 1. The summed E-state index contributed by atoms with van der Waals surface area (Å²) in [5.41, 5.74) is 7.59. The van der Waals surface area contributed by atoms with Gasteiger partial charge in [-0.25, -0.2) is 4.99 Å². The minimum absolute atomic E-state index is 0.207. The lowest BCUT2D eigenvalue weighted by Gasteiger charge is -2.12. The molecule has 0 aromatic heterocycles. The van der Waals surface area contributed by atoms with Gasteiger partial charge in [0.2, 0.25) is 0 Å². The second-order valence-electron chi connectivity index (χ2n) is 3.99. The summed E-state index contributed by atoms with van der Waals surface area (Å²) in [5.74, 6) is 0.207. The Bertz CT molecular complexity index is 376. The Morgan fingerprint density at radius 2 is 2.11 bits per heavy atom. The van der Waals surface area contributed by atoms with Crippen LogP contribution in [0.15, 0.2) is 52.2 Å². The Hall–Kier alpha value is -1.28. The van der Waals surface area contributed by atoms with Crippen LogP contribution in [-0.4, -0.2) is 6.34 Å². The second kappa shape index (κ2) is 9.72. The fraction of sp³-hybridized carbons (Fsp3) is 0.400. The van der Waals surface area contributed by atoms with Crippen LogP contribution < -0.4 is 5.73 Å². The van der Waals surface area contributed by atoms with E-state index in [0.29, 0.717) is 5.16 Å². The molecule has 0 fully saturated rings. The molecular formula is C15H23ClN2. The zero-order chi connectivity index (χ0) is 14.0. The van der Waals surface area contributed by atoms with Gasteiger partial charge in [-0.1, -0.05) is 55.8 Å². The zero-order valence-corrected chi connectivity index (χ0v) is 12.2. The predicted molar refractivity (Wildman–Crippen MR) is 82.7 cm³/mol. The molecule has 0 radical (unpaired) electrons. The Kier molecular flexibility index (Phi) is 9.03. The third-order valence-electron chi connectivity index (χ3n) is 2.56. The summed E-state index contributed by atoms with van der Waals surface area (Å²) >= 11 is 5.96. The fourth-order valence-electron chi connectivity index (χ4n) is 1.69. The molecule has 3 heteroatoms. The largest absolute Gasteiger partial charge is 0.390 e. The molecule has 100 valence electrons. The van der Waals surface area contributed by atoms with Gasteiger partial charge in [-0.2, -0.15) is 0 Å². The molecule has 1 atom stereocenters. The van der Waals surface area contributed by atoms with E-state index in [4.69, 9.17) is 17.3 Å². The molecule has 0 aliphatic carbocycles. The number of aliphatic imine (C=N–C) groups is 1. The highest BCUT2D eigenvalue weighted by molar-refractivity contribution is 6.29. The van der Waals surface area contributed by atoms with Crippen LogP contribution in [0.5, 0.6) is 0 Å². The van der Waals surface area contributed by atoms with Crippen molar-refractivity contribution >= 4 is 17.9 Å². The summed E-state index contributed by atoms with van der Waals surface area (Å²) in [5, 5.41) is 0.411. The van der Waals surface area contributed by atoms with Gasteiger partial charge >= 0.3 is 0 Å². The van der Waals surface area contributed by atoms with Crippen LogP contribution in [0.2, 0.25) is 0 Å². The molecule has 0 aliphatic rings. The number of nitrogens with two attached hydrogens (primary N) is 1. The SMILES string of the molecule is C=CC(=CC(C)=CCC)C(C=C(Cl)N=CN)CC. The molecule has 2 N–H and O–H groups in total. The van der Waals surface area contributed by atoms with E-state index >= 15 is 0 Å². The van der Waals surface area contributed by atoms with Gasteiger partial charge in [0.25, 0.3) is 0 Å². The average molecular weight is 267 g/mol. The molecule has 1 unspecified atom stereocenters. The molecule has 0 rings (SSSR count). The van der Waals surface area contributed by atoms with Crippen molar-refractivity contribution in [1.29, 1.82) is 0 Å². The quantitative estimate of drug-likeness (QED) is 0.312. The second-order valence-corrected chi connectivity index (χ2v) is 4.37. The first-order valence-electron chi connectivity index (χ1n) is 6.21. The molecule has 0 amide bonds. The highest BCUT2D eigenvalue weighted by atomic mass is 35.5.